The Hall–Kier alpha value is -3.39. The third kappa shape index (κ3) is 5.08. The molecule has 3 aromatic rings. The highest BCUT2D eigenvalue weighted by molar-refractivity contribution is 7.13. The van der Waals surface area contributed by atoms with Crippen molar-refractivity contribution in [2.45, 2.75) is 25.8 Å². The molecule has 0 fully saturated rings. The number of nitrogens with zero attached hydrogens (tertiary/aromatic N) is 2. The summed E-state index contributed by atoms with van der Waals surface area (Å²) in [5.74, 6) is 1.25. The summed E-state index contributed by atoms with van der Waals surface area (Å²) in [6.45, 7) is 1.17. The molecule has 2 amide bonds. The van der Waals surface area contributed by atoms with Gasteiger partial charge in [-0.15, -0.1) is 11.3 Å². The second-order valence-electron chi connectivity index (χ2n) is 7.57. The van der Waals surface area contributed by atoms with Crippen LogP contribution in [0.1, 0.15) is 22.4 Å². The number of nitrogens with one attached hydrogen (secondary N) is 1. The van der Waals surface area contributed by atoms with Gasteiger partial charge in [-0.1, -0.05) is 30.3 Å². The van der Waals surface area contributed by atoms with Gasteiger partial charge in [-0.2, -0.15) is 0 Å². The molecule has 1 aliphatic heterocycles. The van der Waals surface area contributed by atoms with Crippen LogP contribution in [0.3, 0.4) is 0 Å². The highest BCUT2D eigenvalue weighted by Gasteiger charge is 2.23. The van der Waals surface area contributed by atoms with Gasteiger partial charge >= 0.3 is 0 Å². The summed E-state index contributed by atoms with van der Waals surface area (Å²) in [6.07, 6.45) is 1.25. The zero-order valence-corrected chi connectivity index (χ0v) is 18.9. The van der Waals surface area contributed by atoms with E-state index < -0.39 is 0 Å². The first kappa shape index (κ1) is 21.8. The summed E-state index contributed by atoms with van der Waals surface area (Å²) in [4.78, 5) is 31.4. The van der Waals surface area contributed by atoms with Crippen molar-refractivity contribution in [2.24, 2.45) is 0 Å². The van der Waals surface area contributed by atoms with E-state index in [2.05, 4.69) is 10.3 Å². The average molecular weight is 452 g/mol. The molecule has 2 aromatic carbocycles. The maximum Gasteiger partial charge on any atom is 0.230 e. The van der Waals surface area contributed by atoms with Crippen molar-refractivity contribution < 1.29 is 19.1 Å². The largest absolute Gasteiger partial charge is 0.493 e. The van der Waals surface area contributed by atoms with Gasteiger partial charge in [0, 0.05) is 18.5 Å². The van der Waals surface area contributed by atoms with Crippen LogP contribution < -0.4 is 14.8 Å². The van der Waals surface area contributed by atoms with Gasteiger partial charge in [0.05, 0.1) is 32.8 Å². The summed E-state index contributed by atoms with van der Waals surface area (Å²) in [7, 11) is 3.23. The second kappa shape index (κ2) is 9.82. The fraction of sp³-hybridized carbons (Fsp3) is 0.292. The van der Waals surface area contributed by atoms with Crippen molar-refractivity contribution in [2.75, 3.05) is 26.1 Å². The molecule has 8 heteroatoms. The first-order chi connectivity index (χ1) is 15.6. The van der Waals surface area contributed by atoms with Gasteiger partial charge in [-0.05, 0) is 35.2 Å². The number of anilines is 1. The topological polar surface area (TPSA) is 80.8 Å². The summed E-state index contributed by atoms with van der Waals surface area (Å²) in [6, 6.07) is 13.5. The molecule has 1 aromatic heterocycles. The minimum atomic E-state index is -0.125. The lowest BCUT2D eigenvalue weighted by Crippen LogP contribution is -2.37. The predicted molar refractivity (Wildman–Crippen MR) is 123 cm³/mol. The Morgan fingerprint density at radius 2 is 1.78 bits per heavy atom. The Balaban J connectivity index is 1.35. The smallest absolute Gasteiger partial charge is 0.230 e. The van der Waals surface area contributed by atoms with E-state index in [9.17, 15) is 9.59 Å². The second-order valence-corrected chi connectivity index (χ2v) is 8.43. The molecule has 0 spiro atoms. The monoisotopic (exact) mass is 451 g/mol. The Bertz CT molecular complexity index is 1110. The van der Waals surface area contributed by atoms with E-state index in [1.807, 2.05) is 52.7 Å². The molecule has 0 unspecified atom stereocenters. The molecule has 32 heavy (non-hydrogen) atoms. The number of methoxy groups -OCH3 is 2. The van der Waals surface area contributed by atoms with Crippen molar-refractivity contribution in [3.8, 4) is 11.5 Å². The number of hydrogen-bond donors (Lipinski definition) is 1. The standard InChI is InChI=1S/C24H25N3O4S/c1-30-20-11-17-8-9-27(14-18(17)12-21(20)31-2)23(29)13-19-15-32-24(25-19)26-22(28)10-16-6-4-3-5-7-16/h3-7,11-12,15H,8-10,13-14H2,1-2H3,(H,25,26,28). The lowest BCUT2D eigenvalue weighted by Gasteiger charge is -2.29. The van der Waals surface area contributed by atoms with Crippen LogP contribution in [-0.2, 0) is 35.4 Å². The van der Waals surface area contributed by atoms with E-state index in [1.54, 1.807) is 14.2 Å². The van der Waals surface area contributed by atoms with E-state index in [0.717, 1.165) is 17.5 Å². The Morgan fingerprint density at radius 1 is 1.06 bits per heavy atom. The number of aromatic nitrogens is 1. The normalized spacial score (nSPS) is 12.8. The number of rotatable bonds is 7. The first-order valence-corrected chi connectivity index (χ1v) is 11.2. The number of hydrogen-bond acceptors (Lipinski definition) is 6. The number of carbonyl (C=O) groups is 2. The van der Waals surface area contributed by atoms with Crippen molar-refractivity contribution >= 4 is 28.3 Å². The maximum atomic E-state index is 12.9. The van der Waals surface area contributed by atoms with E-state index in [4.69, 9.17) is 9.47 Å². The summed E-state index contributed by atoms with van der Waals surface area (Å²) < 4.78 is 10.8. The lowest BCUT2D eigenvalue weighted by atomic mass is 9.98. The molecule has 0 aliphatic carbocycles. The minimum absolute atomic E-state index is 0.0119. The molecule has 0 bridgehead atoms. The summed E-state index contributed by atoms with van der Waals surface area (Å²) >= 11 is 1.33. The predicted octanol–water partition coefficient (Wildman–Crippen LogP) is 3.47. The molecular formula is C24H25N3O4S. The number of fused-ring (bicyclic) bond motifs is 1. The van der Waals surface area contributed by atoms with E-state index in [1.165, 1.54) is 16.9 Å². The van der Waals surface area contributed by atoms with Crippen LogP contribution in [0.2, 0.25) is 0 Å². The number of carbonyl (C=O) groups excluding carboxylic acids is 2. The number of benzene rings is 2. The molecule has 0 radical (unpaired) electrons. The molecule has 0 saturated carbocycles. The Labute approximate surface area is 191 Å². The van der Waals surface area contributed by atoms with Crippen LogP contribution in [0.25, 0.3) is 0 Å². The highest BCUT2D eigenvalue weighted by Crippen LogP contribution is 2.33. The van der Waals surface area contributed by atoms with E-state index in [-0.39, 0.29) is 24.7 Å². The number of thiazole rings is 1. The molecule has 2 heterocycles. The third-order valence-electron chi connectivity index (χ3n) is 5.41. The fourth-order valence-electron chi connectivity index (χ4n) is 3.75. The van der Waals surface area contributed by atoms with E-state index in [0.29, 0.717) is 35.4 Å². The van der Waals surface area contributed by atoms with Gasteiger partial charge in [0.25, 0.3) is 0 Å². The van der Waals surface area contributed by atoms with Crippen LogP contribution in [0.15, 0.2) is 47.8 Å². The molecule has 1 aliphatic rings. The molecule has 7 nitrogen and oxygen atoms in total. The van der Waals surface area contributed by atoms with E-state index >= 15 is 0 Å². The maximum absolute atomic E-state index is 12.9. The van der Waals surface area contributed by atoms with Gasteiger partial charge in [-0.25, -0.2) is 4.98 Å². The van der Waals surface area contributed by atoms with Crippen molar-refractivity contribution in [1.82, 2.24) is 9.88 Å². The van der Waals surface area contributed by atoms with Gasteiger partial charge in [-0.3, -0.25) is 9.59 Å². The quantitative estimate of drug-likeness (QED) is 0.595. The molecular weight excluding hydrogens is 426 g/mol. The summed E-state index contributed by atoms with van der Waals surface area (Å²) in [5, 5.41) is 5.15. The van der Waals surface area contributed by atoms with Gasteiger partial charge in [0.1, 0.15) is 0 Å². The molecule has 4 rings (SSSR count). The third-order valence-corrected chi connectivity index (χ3v) is 6.22. The number of ether oxygens (including phenoxy) is 2. The van der Waals surface area contributed by atoms with Gasteiger partial charge in [0.2, 0.25) is 11.8 Å². The first-order valence-electron chi connectivity index (χ1n) is 10.4. The summed E-state index contributed by atoms with van der Waals surface area (Å²) in [5.41, 5.74) is 3.84. The minimum Gasteiger partial charge on any atom is -0.493 e. The Morgan fingerprint density at radius 3 is 2.50 bits per heavy atom. The van der Waals surface area contributed by atoms with Crippen molar-refractivity contribution in [3.63, 3.8) is 0 Å². The van der Waals surface area contributed by atoms with Crippen molar-refractivity contribution in [1.29, 1.82) is 0 Å². The zero-order valence-electron chi connectivity index (χ0n) is 18.1. The highest BCUT2D eigenvalue weighted by atomic mass is 32.1. The number of amides is 2. The fourth-order valence-corrected chi connectivity index (χ4v) is 4.48. The van der Waals surface area contributed by atoms with Crippen LogP contribution in [0, 0.1) is 0 Å². The van der Waals surface area contributed by atoms with Crippen LogP contribution in [0.4, 0.5) is 5.13 Å². The van der Waals surface area contributed by atoms with Crippen molar-refractivity contribution in [3.05, 3.63) is 70.2 Å². The zero-order chi connectivity index (χ0) is 22.5. The molecule has 0 atom stereocenters. The van der Waals surface area contributed by atoms with Gasteiger partial charge in [0.15, 0.2) is 16.6 Å². The Kier molecular flexibility index (Phi) is 6.70. The average Bonchev–Trinajstić information content (AvgIpc) is 3.24. The van der Waals surface area contributed by atoms with Crippen LogP contribution in [-0.4, -0.2) is 42.5 Å². The van der Waals surface area contributed by atoms with Gasteiger partial charge < -0.3 is 19.7 Å². The van der Waals surface area contributed by atoms with Crippen LogP contribution >= 0.6 is 11.3 Å². The SMILES string of the molecule is COc1cc2c(cc1OC)CN(C(=O)Cc1csc(NC(=O)Cc3ccccc3)n1)CC2. The molecule has 1 N–H and O–H groups in total. The van der Waals surface area contributed by atoms with Crippen LogP contribution in [0.5, 0.6) is 11.5 Å². The molecule has 166 valence electrons. The molecule has 0 saturated heterocycles. The lowest BCUT2D eigenvalue weighted by molar-refractivity contribution is -0.131.